The van der Waals surface area contributed by atoms with Gasteiger partial charge in [0.2, 0.25) is 10.0 Å². The Balaban J connectivity index is 1.79. The summed E-state index contributed by atoms with van der Waals surface area (Å²) in [5.41, 5.74) is 1.36. The fourth-order valence-electron chi connectivity index (χ4n) is 3.92. The molecule has 3 aromatic carbocycles. The molecule has 1 amide bonds. The maximum absolute atomic E-state index is 13.0. The zero-order chi connectivity index (χ0) is 24.9. The Morgan fingerprint density at radius 2 is 1.56 bits per heavy atom. The van der Waals surface area contributed by atoms with Crippen molar-refractivity contribution in [2.45, 2.75) is 32.6 Å². The largest absolute Gasteiger partial charge is 0.452 e. The fourth-order valence-corrected chi connectivity index (χ4v) is 5.63. The number of hydrogen-bond acceptors (Lipinski definition) is 5. The molecule has 0 fully saturated rings. The van der Waals surface area contributed by atoms with E-state index in [9.17, 15) is 18.0 Å². The molecule has 0 saturated heterocycles. The van der Waals surface area contributed by atoms with Crippen molar-refractivity contribution in [2.75, 3.05) is 31.1 Å². The molecule has 0 N–H and O–H groups in total. The standard InChI is InChI=1S/C26H30N2O5S/c1-5-27(6-2)34(31,32)24-17-21(16-15-19(24)4)26(30)33-18-25(29)28(7-3)23-14-10-12-20-11-8-9-13-22(20)23/h8-17H,5-7,18H2,1-4H3. The minimum absolute atomic E-state index is 0.0583. The molecule has 0 radical (unpaired) electrons. The van der Waals surface area contributed by atoms with E-state index in [-0.39, 0.29) is 16.4 Å². The summed E-state index contributed by atoms with van der Waals surface area (Å²) in [6, 6.07) is 17.9. The number of aryl methyl sites for hydroxylation is 1. The molecule has 3 aromatic rings. The van der Waals surface area contributed by atoms with Gasteiger partial charge in [-0.2, -0.15) is 4.31 Å². The van der Waals surface area contributed by atoms with Gasteiger partial charge in [-0.3, -0.25) is 4.79 Å². The summed E-state index contributed by atoms with van der Waals surface area (Å²) in [6.45, 7) is 7.64. The number of likely N-dealkylation sites (N-methyl/N-ethyl adjacent to an activating group) is 1. The van der Waals surface area contributed by atoms with Crippen molar-refractivity contribution in [2.24, 2.45) is 0 Å². The first-order chi connectivity index (χ1) is 16.2. The average molecular weight is 483 g/mol. The van der Waals surface area contributed by atoms with Gasteiger partial charge in [0.05, 0.1) is 16.1 Å². The number of nitrogens with zero attached hydrogens (tertiary/aromatic N) is 2. The second-order valence-electron chi connectivity index (χ2n) is 7.78. The van der Waals surface area contributed by atoms with E-state index in [1.165, 1.54) is 16.4 Å². The van der Waals surface area contributed by atoms with Crippen LogP contribution in [0.5, 0.6) is 0 Å². The summed E-state index contributed by atoms with van der Waals surface area (Å²) >= 11 is 0. The summed E-state index contributed by atoms with van der Waals surface area (Å²) in [5.74, 6) is -1.12. The first-order valence-electron chi connectivity index (χ1n) is 11.3. The summed E-state index contributed by atoms with van der Waals surface area (Å²) < 4.78 is 32.5. The lowest BCUT2D eigenvalue weighted by Gasteiger charge is -2.23. The SMILES string of the molecule is CCN(C(=O)COC(=O)c1ccc(C)c(S(=O)(=O)N(CC)CC)c1)c1cccc2ccccc12. The van der Waals surface area contributed by atoms with E-state index in [0.717, 1.165) is 16.5 Å². The van der Waals surface area contributed by atoms with Gasteiger partial charge in [-0.25, -0.2) is 13.2 Å². The van der Waals surface area contributed by atoms with Crippen LogP contribution in [0.1, 0.15) is 36.7 Å². The molecule has 0 saturated carbocycles. The second kappa shape index (κ2) is 10.8. The van der Waals surface area contributed by atoms with Gasteiger partial charge in [0, 0.05) is 25.0 Å². The van der Waals surface area contributed by atoms with Gasteiger partial charge in [0.25, 0.3) is 5.91 Å². The molecule has 34 heavy (non-hydrogen) atoms. The molecule has 0 bridgehead atoms. The lowest BCUT2D eigenvalue weighted by molar-refractivity contribution is -0.121. The van der Waals surface area contributed by atoms with E-state index in [2.05, 4.69) is 0 Å². The van der Waals surface area contributed by atoms with Crippen molar-refractivity contribution >= 4 is 38.4 Å². The summed E-state index contributed by atoms with van der Waals surface area (Å²) in [4.78, 5) is 27.3. The van der Waals surface area contributed by atoms with Gasteiger partial charge in [-0.1, -0.05) is 56.3 Å². The molecule has 8 heteroatoms. The third kappa shape index (κ3) is 5.13. The van der Waals surface area contributed by atoms with Gasteiger partial charge in [0.1, 0.15) is 0 Å². The van der Waals surface area contributed by atoms with Crippen LogP contribution in [0, 0.1) is 6.92 Å². The minimum atomic E-state index is -3.74. The van der Waals surface area contributed by atoms with Crippen LogP contribution in [0.15, 0.2) is 65.6 Å². The highest BCUT2D eigenvalue weighted by molar-refractivity contribution is 7.89. The highest BCUT2D eigenvalue weighted by Gasteiger charge is 2.25. The van der Waals surface area contributed by atoms with Crippen molar-refractivity contribution in [1.82, 2.24) is 4.31 Å². The van der Waals surface area contributed by atoms with E-state index in [4.69, 9.17) is 4.74 Å². The predicted octanol–water partition coefficient (Wildman–Crippen LogP) is 4.39. The Morgan fingerprint density at radius 1 is 0.882 bits per heavy atom. The third-order valence-corrected chi connectivity index (χ3v) is 7.94. The third-order valence-electron chi connectivity index (χ3n) is 5.75. The number of benzene rings is 3. The summed E-state index contributed by atoms with van der Waals surface area (Å²) in [6.07, 6.45) is 0. The molecular formula is C26H30N2O5S. The van der Waals surface area contributed by atoms with Crippen LogP contribution in [0.2, 0.25) is 0 Å². The van der Waals surface area contributed by atoms with E-state index in [1.54, 1.807) is 31.7 Å². The van der Waals surface area contributed by atoms with E-state index in [0.29, 0.717) is 25.2 Å². The zero-order valence-electron chi connectivity index (χ0n) is 19.9. The lowest BCUT2D eigenvalue weighted by atomic mass is 10.1. The molecule has 0 unspecified atom stereocenters. The predicted molar refractivity (Wildman–Crippen MR) is 134 cm³/mol. The van der Waals surface area contributed by atoms with E-state index >= 15 is 0 Å². The first kappa shape index (κ1) is 25.4. The normalized spacial score (nSPS) is 11.6. The number of fused-ring (bicyclic) bond motifs is 1. The summed E-state index contributed by atoms with van der Waals surface area (Å²) in [7, 11) is -3.74. The van der Waals surface area contributed by atoms with Crippen LogP contribution < -0.4 is 4.90 Å². The number of esters is 1. The number of carbonyl (C=O) groups is 2. The zero-order valence-corrected chi connectivity index (χ0v) is 20.8. The number of hydrogen-bond donors (Lipinski definition) is 0. The maximum Gasteiger partial charge on any atom is 0.338 e. The van der Waals surface area contributed by atoms with Crippen LogP contribution in [0.25, 0.3) is 10.8 Å². The fraction of sp³-hybridized carbons (Fsp3) is 0.308. The Bertz CT molecular complexity index is 1290. The second-order valence-corrected chi connectivity index (χ2v) is 9.69. The molecule has 0 heterocycles. The molecule has 7 nitrogen and oxygen atoms in total. The average Bonchev–Trinajstić information content (AvgIpc) is 2.84. The van der Waals surface area contributed by atoms with E-state index in [1.807, 2.05) is 49.4 Å². The summed E-state index contributed by atoms with van der Waals surface area (Å²) in [5, 5.41) is 1.93. The van der Waals surface area contributed by atoms with Gasteiger partial charge >= 0.3 is 5.97 Å². The molecular weight excluding hydrogens is 452 g/mol. The monoisotopic (exact) mass is 482 g/mol. The highest BCUT2D eigenvalue weighted by atomic mass is 32.2. The van der Waals surface area contributed by atoms with Crippen LogP contribution in [-0.2, 0) is 19.6 Å². The van der Waals surface area contributed by atoms with Crippen molar-refractivity contribution in [1.29, 1.82) is 0 Å². The number of ether oxygens (including phenoxy) is 1. The van der Waals surface area contributed by atoms with Crippen LogP contribution in [0.4, 0.5) is 5.69 Å². The Morgan fingerprint density at radius 3 is 2.24 bits per heavy atom. The van der Waals surface area contributed by atoms with E-state index < -0.39 is 22.6 Å². The Kier molecular flexibility index (Phi) is 8.06. The van der Waals surface area contributed by atoms with Gasteiger partial charge < -0.3 is 9.64 Å². The van der Waals surface area contributed by atoms with Crippen molar-refractivity contribution in [3.63, 3.8) is 0 Å². The van der Waals surface area contributed by atoms with Crippen molar-refractivity contribution in [3.8, 4) is 0 Å². The molecule has 0 aromatic heterocycles. The lowest BCUT2D eigenvalue weighted by Crippen LogP contribution is -2.34. The number of rotatable bonds is 9. The number of carbonyl (C=O) groups excluding carboxylic acids is 2. The van der Waals surface area contributed by atoms with Gasteiger partial charge in [-0.05, 0) is 43.0 Å². The quantitative estimate of drug-likeness (QED) is 0.423. The molecule has 0 aliphatic rings. The first-order valence-corrected chi connectivity index (χ1v) is 12.7. The van der Waals surface area contributed by atoms with Crippen LogP contribution in [-0.4, -0.2) is 50.8 Å². The molecule has 0 aliphatic heterocycles. The minimum Gasteiger partial charge on any atom is -0.452 e. The maximum atomic E-state index is 13.0. The molecule has 0 aliphatic carbocycles. The highest BCUT2D eigenvalue weighted by Crippen LogP contribution is 2.27. The van der Waals surface area contributed by atoms with Crippen molar-refractivity contribution in [3.05, 3.63) is 71.8 Å². The van der Waals surface area contributed by atoms with Gasteiger partial charge in [-0.15, -0.1) is 0 Å². The van der Waals surface area contributed by atoms with Crippen molar-refractivity contribution < 1.29 is 22.7 Å². The molecule has 180 valence electrons. The number of amides is 1. The Hall–Kier alpha value is -3.23. The molecule has 3 rings (SSSR count). The van der Waals surface area contributed by atoms with Crippen LogP contribution >= 0.6 is 0 Å². The van der Waals surface area contributed by atoms with Crippen LogP contribution in [0.3, 0.4) is 0 Å². The smallest absolute Gasteiger partial charge is 0.338 e. The number of anilines is 1. The number of sulfonamides is 1. The molecule has 0 atom stereocenters. The molecule has 0 spiro atoms. The van der Waals surface area contributed by atoms with Gasteiger partial charge in [0.15, 0.2) is 6.61 Å². The Labute approximate surface area is 201 Å². The topological polar surface area (TPSA) is 84.0 Å².